The summed E-state index contributed by atoms with van der Waals surface area (Å²) in [6.45, 7) is 0. The molecule has 10 rings (SSSR count). The molecule has 0 aliphatic heterocycles. The van der Waals surface area contributed by atoms with Gasteiger partial charge in [0, 0.05) is 45.6 Å². The molecule has 4 heterocycles. The van der Waals surface area contributed by atoms with Crippen LogP contribution < -0.4 is 0 Å². The van der Waals surface area contributed by atoms with Crippen molar-refractivity contribution in [2.45, 2.75) is 0 Å². The molecule has 7 heteroatoms. The standard InChI is InChI=1S/C48H30N6S/c1-4-12-31(13-5-1)36-18-10-20-38(26-36)40-28-41-43-42(55-48(41)50-29-40)30-49-44(51-43)34-22-24-35(25-23-34)46-52-45(33-16-8-3-9-17-33)53-47(54-46)39-21-11-19-37(27-39)32-14-6-2-7-15-32/h1-30H. The number of thiophene rings is 1. The summed E-state index contributed by atoms with van der Waals surface area (Å²) in [5, 5.41) is 1.02. The smallest absolute Gasteiger partial charge is 0.164 e. The van der Waals surface area contributed by atoms with Crippen LogP contribution in [0.3, 0.4) is 0 Å². The van der Waals surface area contributed by atoms with E-state index >= 15 is 0 Å². The summed E-state index contributed by atoms with van der Waals surface area (Å²) in [6.07, 6.45) is 3.85. The monoisotopic (exact) mass is 722 g/mol. The van der Waals surface area contributed by atoms with Crippen LogP contribution in [-0.2, 0) is 0 Å². The van der Waals surface area contributed by atoms with E-state index in [0.29, 0.717) is 23.3 Å². The Kier molecular flexibility index (Phi) is 8.24. The van der Waals surface area contributed by atoms with Gasteiger partial charge in [-0.2, -0.15) is 0 Å². The molecule has 6 aromatic carbocycles. The summed E-state index contributed by atoms with van der Waals surface area (Å²) >= 11 is 1.61. The van der Waals surface area contributed by atoms with Crippen molar-refractivity contribution in [1.82, 2.24) is 29.9 Å². The van der Waals surface area contributed by atoms with E-state index in [-0.39, 0.29) is 0 Å². The number of benzene rings is 6. The lowest BCUT2D eigenvalue weighted by Crippen LogP contribution is -2.00. The SMILES string of the molecule is c1ccc(-c2cccc(-c3cnc4sc5cnc(-c6ccc(-c7nc(-c8ccccc8)nc(-c8cccc(-c9ccccc9)c8)n7)cc6)nc5c4c3)c2)cc1. The fourth-order valence-corrected chi connectivity index (χ4v) is 7.78. The first-order chi connectivity index (χ1) is 27.2. The summed E-state index contributed by atoms with van der Waals surface area (Å²) in [7, 11) is 0. The third-order valence-electron chi connectivity index (χ3n) is 9.67. The predicted molar refractivity (Wildman–Crippen MR) is 224 cm³/mol. The Morgan fingerprint density at radius 3 is 1.36 bits per heavy atom. The highest BCUT2D eigenvalue weighted by Gasteiger charge is 2.16. The molecule has 0 aliphatic rings. The number of hydrogen-bond acceptors (Lipinski definition) is 7. The van der Waals surface area contributed by atoms with Crippen LogP contribution in [0.25, 0.3) is 99.4 Å². The molecule has 0 saturated heterocycles. The van der Waals surface area contributed by atoms with Crippen molar-refractivity contribution in [3.63, 3.8) is 0 Å². The van der Waals surface area contributed by atoms with Crippen LogP contribution in [0.1, 0.15) is 0 Å². The van der Waals surface area contributed by atoms with E-state index in [1.165, 1.54) is 11.1 Å². The molecular formula is C48H30N6S. The molecule has 0 N–H and O–H groups in total. The zero-order chi connectivity index (χ0) is 36.6. The number of pyridine rings is 1. The Morgan fingerprint density at radius 1 is 0.309 bits per heavy atom. The van der Waals surface area contributed by atoms with Gasteiger partial charge in [0.25, 0.3) is 0 Å². The van der Waals surface area contributed by atoms with Gasteiger partial charge in [-0.25, -0.2) is 29.9 Å². The molecule has 0 aliphatic carbocycles. The molecule has 0 radical (unpaired) electrons. The fraction of sp³-hybridized carbons (Fsp3) is 0. The minimum Gasteiger partial charge on any atom is -0.245 e. The Hall–Kier alpha value is -7.22. The summed E-state index contributed by atoms with van der Waals surface area (Å²) in [4.78, 5) is 30.6. The third-order valence-corrected chi connectivity index (χ3v) is 10.7. The van der Waals surface area contributed by atoms with Gasteiger partial charge in [-0.05, 0) is 46.0 Å². The Bertz CT molecular complexity index is 2970. The maximum absolute atomic E-state index is 5.09. The topological polar surface area (TPSA) is 77.3 Å². The van der Waals surface area contributed by atoms with Crippen LogP contribution in [-0.4, -0.2) is 29.9 Å². The Labute approximate surface area is 321 Å². The predicted octanol–water partition coefficient (Wildman–Crippen LogP) is 12.1. The second kappa shape index (κ2) is 14.0. The summed E-state index contributed by atoms with van der Waals surface area (Å²) in [5.41, 5.74) is 11.3. The molecule has 0 atom stereocenters. The normalized spacial score (nSPS) is 11.3. The van der Waals surface area contributed by atoms with Gasteiger partial charge in [0.1, 0.15) is 4.83 Å². The fourth-order valence-electron chi connectivity index (χ4n) is 6.84. The zero-order valence-corrected chi connectivity index (χ0v) is 30.2. The van der Waals surface area contributed by atoms with Crippen molar-refractivity contribution in [3.8, 4) is 78.9 Å². The maximum atomic E-state index is 5.09. The highest BCUT2D eigenvalue weighted by molar-refractivity contribution is 7.25. The molecular weight excluding hydrogens is 693 g/mol. The van der Waals surface area contributed by atoms with Gasteiger partial charge in [-0.3, -0.25) is 0 Å². The van der Waals surface area contributed by atoms with E-state index in [9.17, 15) is 0 Å². The molecule has 0 fully saturated rings. The maximum Gasteiger partial charge on any atom is 0.164 e. The number of nitrogens with zero attached hydrogens (tertiary/aromatic N) is 6. The highest BCUT2D eigenvalue weighted by Crippen LogP contribution is 2.36. The second-order valence-corrected chi connectivity index (χ2v) is 14.3. The minimum absolute atomic E-state index is 0.593. The minimum atomic E-state index is 0.593. The molecule has 0 amide bonds. The van der Waals surface area contributed by atoms with Gasteiger partial charge in [0.2, 0.25) is 0 Å². The number of aromatic nitrogens is 6. The molecule has 0 saturated carbocycles. The molecule has 0 bridgehead atoms. The van der Waals surface area contributed by atoms with Crippen molar-refractivity contribution in [2.24, 2.45) is 0 Å². The van der Waals surface area contributed by atoms with E-state index in [2.05, 4.69) is 78.9 Å². The molecule has 4 aromatic heterocycles. The van der Waals surface area contributed by atoms with Gasteiger partial charge < -0.3 is 0 Å². The second-order valence-electron chi connectivity index (χ2n) is 13.2. The van der Waals surface area contributed by atoms with Crippen molar-refractivity contribution in [1.29, 1.82) is 0 Å². The summed E-state index contributed by atoms with van der Waals surface area (Å²) in [5.74, 6) is 2.47. The first kappa shape index (κ1) is 32.4. The van der Waals surface area contributed by atoms with Crippen LogP contribution in [0.5, 0.6) is 0 Å². The first-order valence-corrected chi connectivity index (χ1v) is 18.8. The largest absolute Gasteiger partial charge is 0.245 e. The number of rotatable bonds is 7. The highest BCUT2D eigenvalue weighted by atomic mass is 32.1. The van der Waals surface area contributed by atoms with Crippen LogP contribution in [0.4, 0.5) is 0 Å². The van der Waals surface area contributed by atoms with E-state index in [4.69, 9.17) is 29.9 Å². The lowest BCUT2D eigenvalue weighted by atomic mass is 9.99. The van der Waals surface area contributed by atoms with Crippen molar-refractivity contribution in [3.05, 3.63) is 182 Å². The average Bonchev–Trinajstić information content (AvgIpc) is 3.65. The molecule has 0 unspecified atom stereocenters. The first-order valence-electron chi connectivity index (χ1n) is 18.0. The summed E-state index contributed by atoms with van der Waals surface area (Å²) in [6, 6.07) is 58.1. The Morgan fingerprint density at radius 2 is 0.764 bits per heavy atom. The van der Waals surface area contributed by atoms with Crippen molar-refractivity contribution in [2.75, 3.05) is 0 Å². The Balaban J connectivity index is 1.00. The number of fused-ring (bicyclic) bond motifs is 3. The van der Waals surface area contributed by atoms with Crippen molar-refractivity contribution >= 4 is 31.8 Å². The van der Waals surface area contributed by atoms with Gasteiger partial charge in [0.05, 0.1) is 10.2 Å². The summed E-state index contributed by atoms with van der Waals surface area (Å²) < 4.78 is 1.00. The van der Waals surface area contributed by atoms with Crippen molar-refractivity contribution < 1.29 is 0 Å². The quantitative estimate of drug-likeness (QED) is 0.163. The van der Waals surface area contributed by atoms with Crippen LogP contribution in [0.2, 0.25) is 0 Å². The van der Waals surface area contributed by atoms with E-state index < -0.39 is 0 Å². The molecule has 55 heavy (non-hydrogen) atoms. The van der Waals surface area contributed by atoms with Gasteiger partial charge >= 0.3 is 0 Å². The van der Waals surface area contributed by atoms with Crippen LogP contribution in [0, 0.1) is 0 Å². The van der Waals surface area contributed by atoms with Crippen LogP contribution >= 0.6 is 11.3 Å². The number of hydrogen-bond donors (Lipinski definition) is 0. The molecule has 258 valence electrons. The lowest BCUT2D eigenvalue weighted by molar-refractivity contribution is 1.07. The molecule has 0 spiro atoms. The average molecular weight is 723 g/mol. The van der Waals surface area contributed by atoms with E-state index in [1.807, 2.05) is 103 Å². The molecule has 10 aromatic rings. The zero-order valence-electron chi connectivity index (χ0n) is 29.4. The molecule has 6 nitrogen and oxygen atoms in total. The van der Waals surface area contributed by atoms with E-state index in [1.54, 1.807) is 11.3 Å². The van der Waals surface area contributed by atoms with Gasteiger partial charge in [-0.15, -0.1) is 11.3 Å². The van der Waals surface area contributed by atoms with E-state index in [0.717, 1.165) is 64.9 Å². The van der Waals surface area contributed by atoms with Gasteiger partial charge in [0.15, 0.2) is 23.3 Å². The third kappa shape index (κ3) is 6.43. The van der Waals surface area contributed by atoms with Gasteiger partial charge in [-0.1, -0.05) is 152 Å². The van der Waals surface area contributed by atoms with Crippen LogP contribution in [0.15, 0.2) is 182 Å². The lowest BCUT2D eigenvalue weighted by Gasteiger charge is -2.10.